The summed E-state index contributed by atoms with van der Waals surface area (Å²) in [5, 5.41) is 4.45. The van der Waals surface area contributed by atoms with E-state index in [1.54, 1.807) is 6.20 Å². The molecule has 1 fully saturated rings. The zero-order valence-electron chi connectivity index (χ0n) is 7.94. The van der Waals surface area contributed by atoms with E-state index in [1.807, 2.05) is 6.92 Å². The van der Waals surface area contributed by atoms with Gasteiger partial charge in [-0.2, -0.15) is 0 Å². The summed E-state index contributed by atoms with van der Waals surface area (Å²) in [6.45, 7) is 1.81. The van der Waals surface area contributed by atoms with Crippen molar-refractivity contribution in [1.82, 2.24) is 20.6 Å². The van der Waals surface area contributed by atoms with Crippen LogP contribution < -0.4 is 10.6 Å². The molecule has 1 aliphatic rings. The van der Waals surface area contributed by atoms with Crippen molar-refractivity contribution in [3.05, 3.63) is 29.5 Å². The van der Waals surface area contributed by atoms with Crippen molar-refractivity contribution in [2.75, 3.05) is 0 Å². The predicted octanol–water partition coefficient (Wildman–Crippen LogP) is -0.0347. The molecule has 2 N–H and O–H groups in total. The van der Waals surface area contributed by atoms with Gasteiger partial charge < -0.3 is 5.32 Å². The number of hydrogen-bond donors (Lipinski definition) is 2. The van der Waals surface area contributed by atoms with Crippen LogP contribution in [0.3, 0.4) is 0 Å². The number of nitrogens with one attached hydrogen (secondary N) is 2. The van der Waals surface area contributed by atoms with Crippen LogP contribution in [0.15, 0.2) is 18.1 Å². The molecule has 6 nitrogen and oxygen atoms in total. The van der Waals surface area contributed by atoms with Gasteiger partial charge in [0.1, 0.15) is 5.70 Å². The highest BCUT2D eigenvalue weighted by Crippen LogP contribution is 2.04. The zero-order chi connectivity index (χ0) is 10.8. The lowest BCUT2D eigenvalue weighted by Gasteiger charge is -1.95. The third-order valence-corrected chi connectivity index (χ3v) is 1.81. The van der Waals surface area contributed by atoms with Gasteiger partial charge in [-0.1, -0.05) is 0 Å². The maximum Gasteiger partial charge on any atom is 0.326 e. The lowest BCUT2D eigenvalue weighted by Crippen LogP contribution is -2.22. The first kappa shape index (κ1) is 9.32. The fourth-order valence-corrected chi connectivity index (χ4v) is 1.11. The van der Waals surface area contributed by atoms with Gasteiger partial charge in [0, 0.05) is 6.20 Å². The Labute approximate surface area is 85.4 Å². The van der Waals surface area contributed by atoms with Crippen LogP contribution >= 0.6 is 0 Å². The molecule has 1 aliphatic heterocycles. The fraction of sp³-hybridized carbons (Fsp3) is 0.111. The summed E-state index contributed by atoms with van der Waals surface area (Å²) in [5.74, 6) is -0.456. The zero-order valence-corrected chi connectivity index (χ0v) is 7.94. The summed E-state index contributed by atoms with van der Waals surface area (Å²) in [4.78, 5) is 30.0. The van der Waals surface area contributed by atoms with E-state index in [9.17, 15) is 9.59 Å². The molecule has 0 atom stereocenters. The van der Waals surface area contributed by atoms with E-state index < -0.39 is 11.9 Å². The van der Waals surface area contributed by atoms with Crippen LogP contribution in [0, 0.1) is 6.92 Å². The van der Waals surface area contributed by atoms with Crippen molar-refractivity contribution in [1.29, 1.82) is 0 Å². The molecule has 2 heterocycles. The minimum absolute atomic E-state index is 0.179. The largest absolute Gasteiger partial charge is 0.326 e. The number of imide groups is 1. The first-order valence-electron chi connectivity index (χ1n) is 4.28. The normalized spacial score (nSPS) is 17.8. The van der Waals surface area contributed by atoms with Crippen molar-refractivity contribution >= 4 is 18.0 Å². The van der Waals surface area contributed by atoms with E-state index in [0.29, 0.717) is 5.69 Å². The highest BCUT2D eigenvalue weighted by molar-refractivity contribution is 6.13. The van der Waals surface area contributed by atoms with Crippen molar-refractivity contribution in [3.63, 3.8) is 0 Å². The summed E-state index contributed by atoms with van der Waals surface area (Å²) >= 11 is 0. The molecule has 76 valence electrons. The molecule has 1 saturated heterocycles. The van der Waals surface area contributed by atoms with Gasteiger partial charge in [0.05, 0.1) is 17.6 Å². The van der Waals surface area contributed by atoms with Crippen molar-refractivity contribution in [2.45, 2.75) is 6.92 Å². The molecule has 0 aromatic carbocycles. The second-order valence-electron chi connectivity index (χ2n) is 3.05. The SMILES string of the molecule is Cc1cnc(/C=C2\NC(=O)NC2=O)cn1. The average Bonchev–Trinajstić information content (AvgIpc) is 2.49. The fourth-order valence-electron chi connectivity index (χ4n) is 1.11. The highest BCUT2D eigenvalue weighted by Gasteiger charge is 2.22. The topological polar surface area (TPSA) is 84.0 Å². The van der Waals surface area contributed by atoms with Gasteiger partial charge in [-0.25, -0.2) is 4.79 Å². The van der Waals surface area contributed by atoms with Crippen LogP contribution in [0.5, 0.6) is 0 Å². The quantitative estimate of drug-likeness (QED) is 0.496. The van der Waals surface area contributed by atoms with Gasteiger partial charge in [0.15, 0.2) is 0 Å². The number of aryl methyl sites for hydroxylation is 1. The molecule has 0 spiro atoms. The minimum atomic E-state index is -0.522. The monoisotopic (exact) mass is 204 g/mol. The lowest BCUT2D eigenvalue weighted by atomic mass is 10.3. The predicted molar refractivity (Wildman–Crippen MR) is 51.4 cm³/mol. The summed E-state index contributed by atoms with van der Waals surface area (Å²) in [5.41, 5.74) is 1.49. The number of hydrogen-bond acceptors (Lipinski definition) is 4. The van der Waals surface area contributed by atoms with Gasteiger partial charge in [-0.05, 0) is 13.0 Å². The number of rotatable bonds is 1. The van der Waals surface area contributed by atoms with Gasteiger partial charge in [-0.3, -0.25) is 20.1 Å². The molecule has 0 unspecified atom stereocenters. The lowest BCUT2D eigenvalue weighted by molar-refractivity contribution is -0.115. The van der Waals surface area contributed by atoms with E-state index in [0.717, 1.165) is 5.69 Å². The second kappa shape index (κ2) is 3.49. The number of carbonyl (C=O) groups is 2. The highest BCUT2D eigenvalue weighted by atomic mass is 16.2. The molecule has 1 aromatic heterocycles. The Kier molecular flexibility index (Phi) is 2.17. The van der Waals surface area contributed by atoms with Crippen molar-refractivity contribution < 1.29 is 9.59 Å². The van der Waals surface area contributed by atoms with E-state index in [2.05, 4.69) is 20.6 Å². The Morgan fingerprint density at radius 1 is 1.20 bits per heavy atom. The maximum atomic E-state index is 11.1. The van der Waals surface area contributed by atoms with Gasteiger partial charge in [0.25, 0.3) is 5.91 Å². The van der Waals surface area contributed by atoms with E-state index in [-0.39, 0.29) is 5.70 Å². The van der Waals surface area contributed by atoms with Crippen LogP contribution in [-0.4, -0.2) is 21.9 Å². The first-order chi connectivity index (χ1) is 7.15. The summed E-state index contributed by atoms with van der Waals surface area (Å²) in [6.07, 6.45) is 4.58. The molecule has 3 amide bonds. The van der Waals surface area contributed by atoms with Crippen LogP contribution in [0.4, 0.5) is 4.79 Å². The average molecular weight is 204 g/mol. The molecule has 0 bridgehead atoms. The Morgan fingerprint density at radius 3 is 2.53 bits per heavy atom. The van der Waals surface area contributed by atoms with Gasteiger partial charge >= 0.3 is 6.03 Å². The smallest absolute Gasteiger partial charge is 0.303 e. The molecule has 0 aliphatic carbocycles. The van der Waals surface area contributed by atoms with E-state index in [4.69, 9.17) is 0 Å². The summed E-state index contributed by atoms with van der Waals surface area (Å²) < 4.78 is 0. The molecule has 6 heteroatoms. The van der Waals surface area contributed by atoms with Crippen LogP contribution in [0.25, 0.3) is 6.08 Å². The number of urea groups is 1. The molecular formula is C9H8N4O2. The molecule has 15 heavy (non-hydrogen) atoms. The van der Waals surface area contributed by atoms with Gasteiger partial charge in [-0.15, -0.1) is 0 Å². The van der Waals surface area contributed by atoms with Crippen molar-refractivity contribution in [3.8, 4) is 0 Å². The van der Waals surface area contributed by atoms with Crippen molar-refractivity contribution in [2.24, 2.45) is 0 Å². The standard InChI is InChI=1S/C9H8N4O2/c1-5-3-11-6(4-10-5)2-7-8(14)13-9(15)12-7/h2-4H,1H3,(H2,12,13,14,15)/b7-2-. The third-order valence-electron chi connectivity index (χ3n) is 1.81. The molecule has 0 saturated carbocycles. The van der Waals surface area contributed by atoms with Crippen LogP contribution in [0.2, 0.25) is 0 Å². The number of aromatic nitrogens is 2. The van der Waals surface area contributed by atoms with E-state index >= 15 is 0 Å². The number of amides is 3. The number of nitrogens with zero attached hydrogens (tertiary/aromatic N) is 2. The minimum Gasteiger partial charge on any atom is -0.303 e. The molecule has 2 rings (SSSR count). The number of carbonyl (C=O) groups excluding carboxylic acids is 2. The summed E-state index contributed by atoms with van der Waals surface area (Å²) in [7, 11) is 0. The summed E-state index contributed by atoms with van der Waals surface area (Å²) in [6, 6.07) is -0.522. The Bertz CT molecular complexity index is 450. The maximum absolute atomic E-state index is 11.1. The van der Waals surface area contributed by atoms with Crippen LogP contribution in [0.1, 0.15) is 11.4 Å². The first-order valence-corrected chi connectivity index (χ1v) is 4.28. The second-order valence-corrected chi connectivity index (χ2v) is 3.05. The van der Waals surface area contributed by atoms with Gasteiger partial charge in [0.2, 0.25) is 0 Å². The molecular weight excluding hydrogens is 196 g/mol. The molecule has 1 aromatic rings. The Morgan fingerprint density at radius 2 is 2.00 bits per heavy atom. The third kappa shape index (κ3) is 1.98. The Balaban J connectivity index is 2.27. The van der Waals surface area contributed by atoms with E-state index in [1.165, 1.54) is 12.3 Å². The Hall–Kier alpha value is -2.24. The molecule has 0 radical (unpaired) electrons. The van der Waals surface area contributed by atoms with Crippen LogP contribution in [-0.2, 0) is 4.79 Å².